The molecule has 0 aromatic rings. The van der Waals surface area contributed by atoms with Crippen LogP contribution >= 0.6 is 0 Å². The number of esters is 1. The first-order chi connectivity index (χ1) is 14.1. The van der Waals surface area contributed by atoms with Crippen LogP contribution in [0.1, 0.15) is 99.3 Å². The molecule has 0 saturated heterocycles. The summed E-state index contributed by atoms with van der Waals surface area (Å²) in [7, 11) is 0. The fourth-order valence-corrected chi connectivity index (χ4v) is 8.54. The van der Waals surface area contributed by atoms with Crippen molar-refractivity contribution in [2.75, 3.05) is 0 Å². The zero-order chi connectivity index (χ0) is 21.8. The molecule has 0 heterocycles. The van der Waals surface area contributed by atoms with Crippen molar-refractivity contribution < 1.29 is 14.3 Å². The highest BCUT2D eigenvalue weighted by Gasteiger charge is 2.60. The molecule has 30 heavy (non-hydrogen) atoms. The molecule has 0 bridgehead atoms. The summed E-state index contributed by atoms with van der Waals surface area (Å²) in [6.07, 6.45) is 10.9. The Morgan fingerprint density at radius 2 is 1.53 bits per heavy atom. The largest absolute Gasteiger partial charge is 0.462 e. The minimum absolute atomic E-state index is 0.00181. The molecule has 4 aliphatic rings. The van der Waals surface area contributed by atoms with Gasteiger partial charge in [-0.2, -0.15) is 0 Å². The molecule has 3 nitrogen and oxygen atoms in total. The Bertz CT molecular complexity index is 684. The minimum atomic E-state index is -0.0124. The van der Waals surface area contributed by atoms with Gasteiger partial charge in [-0.1, -0.05) is 34.6 Å². The van der Waals surface area contributed by atoms with Gasteiger partial charge in [-0.15, -0.1) is 0 Å². The standard InChI is InChI=1S/C27H44O3/c1-16(2)17(3)25(29)30-20-11-13-26(5)19(15-20)7-8-21-23-10-9-22(18(4)28)27(23,6)14-12-24(21)26/h16-17,19-24H,7-15H2,1-6H3/t17-,19-,20-,21?,22+,23?,24?,26-,27+/m0/s1. The van der Waals surface area contributed by atoms with Gasteiger partial charge in [-0.25, -0.2) is 0 Å². The number of ether oxygens (including phenoxy) is 1. The number of carbonyl (C=O) groups excluding carboxylic acids is 2. The third-order valence-corrected chi connectivity index (χ3v) is 10.8. The highest BCUT2D eigenvalue weighted by Crippen LogP contribution is 2.67. The van der Waals surface area contributed by atoms with Crippen molar-refractivity contribution in [1.82, 2.24) is 0 Å². The predicted octanol–water partition coefficient (Wildman–Crippen LogP) is 6.44. The van der Waals surface area contributed by atoms with Gasteiger partial charge in [0.1, 0.15) is 11.9 Å². The number of hydrogen-bond donors (Lipinski definition) is 0. The molecule has 4 fully saturated rings. The highest BCUT2D eigenvalue weighted by atomic mass is 16.5. The van der Waals surface area contributed by atoms with Crippen LogP contribution in [-0.2, 0) is 14.3 Å². The van der Waals surface area contributed by atoms with E-state index < -0.39 is 0 Å². The molecule has 0 amide bonds. The topological polar surface area (TPSA) is 43.4 Å². The Kier molecular flexibility index (Phi) is 5.90. The van der Waals surface area contributed by atoms with E-state index in [4.69, 9.17) is 4.74 Å². The Labute approximate surface area is 184 Å². The van der Waals surface area contributed by atoms with E-state index in [1.54, 1.807) is 0 Å². The highest BCUT2D eigenvalue weighted by molar-refractivity contribution is 5.79. The maximum atomic E-state index is 12.5. The molecule has 3 unspecified atom stereocenters. The number of rotatable bonds is 4. The zero-order valence-electron chi connectivity index (χ0n) is 20.2. The lowest BCUT2D eigenvalue weighted by Crippen LogP contribution is -2.54. The summed E-state index contributed by atoms with van der Waals surface area (Å²) in [6, 6.07) is 0. The van der Waals surface area contributed by atoms with Crippen molar-refractivity contribution in [3.63, 3.8) is 0 Å². The summed E-state index contributed by atoms with van der Waals surface area (Å²) in [5, 5.41) is 0. The van der Waals surface area contributed by atoms with E-state index in [0.717, 1.165) is 37.0 Å². The summed E-state index contributed by atoms with van der Waals surface area (Å²) in [6.45, 7) is 13.0. The van der Waals surface area contributed by atoms with Gasteiger partial charge >= 0.3 is 5.97 Å². The quantitative estimate of drug-likeness (QED) is 0.495. The lowest BCUT2D eigenvalue weighted by molar-refractivity contribution is -0.167. The van der Waals surface area contributed by atoms with Gasteiger partial charge in [-0.3, -0.25) is 9.59 Å². The molecule has 3 heteroatoms. The molecule has 170 valence electrons. The molecule has 0 spiro atoms. The van der Waals surface area contributed by atoms with Crippen LogP contribution < -0.4 is 0 Å². The molecule has 4 rings (SSSR count). The van der Waals surface area contributed by atoms with E-state index in [1.165, 1.54) is 38.5 Å². The van der Waals surface area contributed by atoms with Gasteiger partial charge in [0.25, 0.3) is 0 Å². The normalized spacial score (nSPS) is 46.5. The van der Waals surface area contributed by atoms with Crippen molar-refractivity contribution in [3.05, 3.63) is 0 Å². The lowest BCUT2D eigenvalue weighted by Gasteiger charge is -2.61. The van der Waals surface area contributed by atoms with Gasteiger partial charge in [0.2, 0.25) is 0 Å². The molecule has 0 radical (unpaired) electrons. The molecular weight excluding hydrogens is 372 g/mol. The van der Waals surface area contributed by atoms with E-state index in [9.17, 15) is 9.59 Å². The summed E-state index contributed by atoms with van der Waals surface area (Å²) in [5.74, 6) is 4.08. The summed E-state index contributed by atoms with van der Waals surface area (Å²) in [4.78, 5) is 24.8. The molecule has 0 aromatic carbocycles. The van der Waals surface area contributed by atoms with Crippen molar-refractivity contribution in [2.45, 2.75) is 105 Å². The van der Waals surface area contributed by atoms with Gasteiger partial charge < -0.3 is 4.74 Å². The van der Waals surface area contributed by atoms with Crippen LogP contribution in [0.5, 0.6) is 0 Å². The van der Waals surface area contributed by atoms with Gasteiger partial charge in [0.05, 0.1) is 5.92 Å². The van der Waals surface area contributed by atoms with Crippen LogP contribution in [0, 0.1) is 52.3 Å². The van der Waals surface area contributed by atoms with Crippen LogP contribution in [0.15, 0.2) is 0 Å². The minimum Gasteiger partial charge on any atom is -0.462 e. The summed E-state index contributed by atoms with van der Waals surface area (Å²) in [5.41, 5.74) is 0.640. The first kappa shape index (κ1) is 22.3. The van der Waals surface area contributed by atoms with Gasteiger partial charge in [0.15, 0.2) is 0 Å². The average Bonchev–Trinajstić information content (AvgIpc) is 3.05. The zero-order valence-corrected chi connectivity index (χ0v) is 20.2. The second-order valence-corrected chi connectivity index (χ2v) is 12.3. The van der Waals surface area contributed by atoms with E-state index in [2.05, 4.69) is 27.7 Å². The fourth-order valence-electron chi connectivity index (χ4n) is 8.54. The van der Waals surface area contributed by atoms with Crippen LogP contribution in [0.4, 0.5) is 0 Å². The first-order valence-electron chi connectivity index (χ1n) is 12.8. The second kappa shape index (κ2) is 7.93. The predicted molar refractivity (Wildman–Crippen MR) is 120 cm³/mol. The molecule has 9 atom stereocenters. The molecule has 4 aliphatic carbocycles. The third-order valence-electron chi connectivity index (χ3n) is 10.8. The fraction of sp³-hybridized carbons (Fsp3) is 0.926. The molecular formula is C27H44O3. The van der Waals surface area contributed by atoms with E-state index in [-0.39, 0.29) is 23.4 Å². The summed E-state index contributed by atoms with van der Waals surface area (Å²) < 4.78 is 5.99. The Morgan fingerprint density at radius 3 is 2.20 bits per heavy atom. The van der Waals surface area contributed by atoms with Crippen LogP contribution in [0.3, 0.4) is 0 Å². The third kappa shape index (κ3) is 3.47. The van der Waals surface area contributed by atoms with E-state index in [1.807, 2.05) is 13.8 Å². The Morgan fingerprint density at radius 1 is 0.867 bits per heavy atom. The number of Topliss-reactive ketones (excluding diaryl/α,β-unsaturated/α-hetero) is 1. The smallest absolute Gasteiger partial charge is 0.309 e. The van der Waals surface area contributed by atoms with Crippen molar-refractivity contribution in [2.24, 2.45) is 52.3 Å². The molecule has 0 aromatic heterocycles. The van der Waals surface area contributed by atoms with Gasteiger partial charge in [0, 0.05) is 5.92 Å². The van der Waals surface area contributed by atoms with Crippen LogP contribution in [0.2, 0.25) is 0 Å². The number of carbonyl (C=O) groups is 2. The Hall–Kier alpha value is -0.860. The average molecular weight is 417 g/mol. The molecule has 0 N–H and O–H groups in total. The van der Waals surface area contributed by atoms with Gasteiger partial charge in [-0.05, 0) is 105 Å². The Balaban J connectivity index is 1.45. The van der Waals surface area contributed by atoms with Crippen molar-refractivity contribution >= 4 is 11.8 Å². The van der Waals surface area contributed by atoms with Crippen molar-refractivity contribution in [3.8, 4) is 0 Å². The summed E-state index contributed by atoms with van der Waals surface area (Å²) >= 11 is 0. The number of ketones is 1. The van der Waals surface area contributed by atoms with Crippen molar-refractivity contribution in [1.29, 1.82) is 0 Å². The maximum Gasteiger partial charge on any atom is 0.309 e. The number of hydrogen-bond acceptors (Lipinski definition) is 3. The second-order valence-electron chi connectivity index (χ2n) is 12.3. The lowest BCUT2D eigenvalue weighted by atomic mass is 9.44. The number of fused-ring (bicyclic) bond motifs is 5. The van der Waals surface area contributed by atoms with Crippen LogP contribution in [0.25, 0.3) is 0 Å². The van der Waals surface area contributed by atoms with E-state index in [0.29, 0.717) is 29.0 Å². The maximum absolute atomic E-state index is 12.5. The van der Waals surface area contributed by atoms with E-state index >= 15 is 0 Å². The molecule has 0 aliphatic heterocycles. The molecule has 4 saturated carbocycles. The van der Waals surface area contributed by atoms with Crippen LogP contribution in [-0.4, -0.2) is 17.9 Å². The SMILES string of the molecule is CC(=O)[C@H]1CCC2C3CC[C@H]4C[C@@H](OC(=O)[C@@H](C)C(C)C)CC[C@]4(C)C3CC[C@@]21C. The monoisotopic (exact) mass is 416 g/mol. The first-order valence-corrected chi connectivity index (χ1v) is 12.8.